The molecule has 0 amide bonds. The van der Waals surface area contributed by atoms with Crippen LogP contribution in [0.25, 0.3) is 0 Å². The summed E-state index contributed by atoms with van der Waals surface area (Å²) in [6.07, 6.45) is 4.81. The third kappa shape index (κ3) is 2.55. The fourth-order valence-corrected chi connectivity index (χ4v) is 2.92. The molecule has 0 aromatic heterocycles. The summed E-state index contributed by atoms with van der Waals surface area (Å²) >= 11 is 0. The van der Waals surface area contributed by atoms with Gasteiger partial charge in [-0.1, -0.05) is 24.6 Å². The average molecular weight is 239 g/mol. The van der Waals surface area contributed by atoms with Crippen LogP contribution < -0.4 is 4.31 Å². The fraction of sp³-hybridized carbons (Fsp3) is 0.500. The van der Waals surface area contributed by atoms with Crippen LogP contribution >= 0.6 is 0 Å². The normalized spacial score (nSPS) is 16.8. The molecule has 16 heavy (non-hydrogen) atoms. The molecule has 1 aliphatic carbocycles. The van der Waals surface area contributed by atoms with Crippen molar-refractivity contribution in [2.75, 3.05) is 17.1 Å². The molecule has 1 aliphatic rings. The zero-order valence-electron chi connectivity index (χ0n) is 9.46. The number of sulfonamides is 1. The number of para-hydroxylation sites is 1. The Labute approximate surface area is 97.1 Å². The number of hydrogen-bond donors (Lipinski definition) is 0. The first-order chi connectivity index (χ1) is 7.57. The van der Waals surface area contributed by atoms with Crippen molar-refractivity contribution in [1.29, 1.82) is 0 Å². The van der Waals surface area contributed by atoms with Gasteiger partial charge in [-0.3, -0.25) is 4.31 Å². The van der Waals surface area contributed by atoms with Gasteiger partial charge in [0, 0.05) is 6.54 Å². The molecule has 1 saturated carbocycles. The molecule has 0 unspecified atom stereocenters. The summed E-state index contributed by atoms with van der Waals surface area (Å²) in [5.74, 6) is 0.537. The van der Waals surface area contributed by atoms with Gasteiger partial charge in [0.1, 0.15) is 0 Å². The molecule has 2 rings (SSSR count). The van der Waals surface area contributed by atoms with Crippen molar-refractivity contribution < 1.29 is 8.42 Å². The van der Waals surface area contributed by atoms with Gasteiger partial charge in [0.2, 0.25) is 10.0 Å². The van der Waals surface area contributed by atoms with E-state index in [4.69, 9.17) is 0 Å². The lowest BCUT2D eigenvalue weighted by Gasteiger charge is -2.32. The Morgan fingerprint density at radius 2 is 1.88 bits per heavy atom. The van der Waals surface area contributed by atoms with Crippen molar-refractivity contribution in [3.8, 4) is 0 Å². The first-order valence-corrected chi connectivity index (χ1v) is 7.45. The molecule has 0 heterocycles. The van der Waals surface area contributed by atoms with Crippen molar-refractivity contribution in [1.82, 2.24) is 0 Å². The smallest absolute Gasteiger partial charge is 0.232 e. The Bertz CT molecular complexity index is 437. The largest absolute Gasteiger partial charge is 0.270 e. The lowest BCUT2D eigenvalue weighted by Crippen LogP contribution is -2.36. The van der Waals surface area contributed by atoms with E-state index < -0.39 is 10.0 Å². The Kier molecular flexibility index (Phi) is 3.19. The van der Waals surface area contributed by atoms with Crippen molar-refractivity contribution in [3.63, 3.8) is 0 Å². The van der Waals surface area contributed by atoms with Gasteiger partial charge in [-0.2, -0.15) is 0 Å². The van der Waals surface area contributed by atoms with E-state index in [1.54, 1.807) is 0 Å². The maximum absolute atomic E-state index is 11.7. The van der Waals surface area contributed by atoms with Crippen LogP contribution in [0.15, 0.2) is 30.3 Å². The first kappa shape index (κ1) is 11.5. The molecule has 88 valence electrons. The second kappa shape index (κ2) is 4.45. The Hall–Kier alpha value is -1.03. The summed E-state index contributed by atoms with van der Waals surface area (Å²) in [4.78, 5) is 0. The Morgan fingerprint density at radius 1 is 1.25 bits per heavy atom. The Morgan fingerprint density at radius 3 is 2.31 bits per heavy atom. The SMILES string of the molecule is CS(=O)(=O)N(CC1CCC1)c1ccccc1. The van der Waals surface area contributed by atoms with E-state index in [1.165, 1.54) is 17.0 Å². The van der Waals surface area contributed by atoms with Gasteiger partial charge in [-0.15, -0.1) is 0 Å². The fourth-order valence-electron chi connectivity index (χ4n) is 1.94. The highest BCUT2D eigenvalue weighted by Crippen LogP contribution is 2.29. The van der Waals surface area contributed by atoms with Crippen molar-refractivity contribution >= 4 is 15.7 Å². The van der Waals surface area contributed by atoms with E-state index in [0.717, 1.165) is 18.5 Å². The first-order valence-electron chi connectivity index (χ1n) is 5.60. The summed E-state index contributed by atoms with van der Waals surface area (Å²) < 4.78 is 25.0. The standard InChI is InChI=1S/C12H17NO2S/c1-16(14,15)13(10-11-6-5-7-11)12-8-3-2-4-9-12/h2-4,8-9,11H,5-7,10H2,1H3. The maximum Gasteiger partial charge on any atom is 0.232 e. The van der Waals surface area contributed by atoms with Crippen LogP contribution in [0.3, 0.4) is 0 Å². The monoisotopic (exact) mass is 239 g/mol. The van der Waals surface area contributed by atoms with E-state index in [-0.39, 0.29) is 0 Å². The van der Waals surface area contributed by atoms with Crippen LogP contribution in [-0.2, 0) is 10.0 Å². The van der Waals surface area contributed by atoms with E-state index in [9.17, 15) is 8.42 Å². The molecule has 3 nitrogen and oxygen atoms in total. The van der Waals surface area contributed by atoms with Crippen LogP contribution in [0.1, 0.15) is 19.3 Å². The van der Waals surface area contributed by atoms with E-state index >= 15 is 0 Å². The van der Waals surface area contributed by atoms with Crippen LogP contribution in [0.4, 0.5) is 5.69 Å². The highest BCUT2D eigenvalue weighted by atomic mass is 32.2. The number of benzene rings is 1. The van der Waals surface area contributed by atoms with Gasteiger partial charge in [0.05, 0.1) is 11.9 Å². The van der Waals surface area contributed by atoms with E-state index in [2.05, 4.69) is 0 Å². The molecule has 0 aliphatic heterocycles. The molecular formula is C12H17NO2S. The van der Waals surface area contributed by atoms with Gasteiger partial charge in [0.15, 0.2) is 0 Å². The second-order valence-electron chi connectivity index (χ2n) is 4.43. The van der Waals surface area contributed by atoms with Crippen molar-refractivity contribution in [2.24, 2.45) is 5.92 Å². The van der Waals surface area contributed by atoms with Crippen molar-refractivity contribution in [2.45, 2.75) is 19.3 Å². The summed E-state index contributed by atoms with van der Waals surface area (Å²) in [5.41, 5.74) is 0.775. The average Bonchev–Trinajstić information content (AvgIpc) is 2.15. The van der Waals surface area contributed by atoms with Gasteiger partial charge in [-0.25, -0.2) is 8.42 Å². The van der Waals surface area contributed by atoms with Gasteiger partial charge < -0.3 is 0 Å². The molecule has 1 aromatic rings. The predicted molar refractivity (Wildman–Crippen MR) is 66.0 cm³/mol. The molecule has 4 heteroatoms. The lowest BCUT2D eigenvalue weighted by atomic mass is 9.85. The zero-order chi connectivity index (χ0) is 11.6. The summed E-state index contributed by atoms with van der Waals surface area (Å²) in [5, 5.41) is 0. The van der Waals surface area contributed by atoms with Crippen LogP contribution in [0, 0.1) is 5.92 Å². The molecule has 1 fully saturated rings. The lowest BCUT2D eigenvalue weighted by molar-refractivity contribution is 0.326. The number of nitrogens with zero attached hydrogens (tertiary/aromatic N) is 1. The predicted octanol–water partition coefficient (Wildman–Crippen LogP) is 2.25. The Balaban J connectivity index is 2.21. The molecule has 0 saturated heterocycles. The minimum atomic E-state index is -3.16. The minimum absolute atomic E-state index is 0.537. The molecular weight excluding hydrogens is 222 g/mol. The number of anilines is 1. The summed E-state index contributed by atoms with van der Waals surface area (Å²) in [6.45, 7) is 0.628. The number of hydrogen-bond acceptors (Lipinski definition) is 2. The molecule has 0 bridgehead atoms. The molecule has 0 radical (unpaired) electrons. The molecule has 0 atom stereocenters. The van der Waals surface area contributed by atoms with Gasteiger partial charge in [0.25, 0.3) is 0 Å². The third-order valence-corrected chi connectivity index (χ3v) is 4.25. The minimum Gasteiger partial charge on any atom is -0.270 e. The van der Waals surface area contributed by atoms with Crippen LogP contribution in [-0.4, -0.2) is 21.2 Å². The summed E-state index contributed by atoms with van der Waals surface area (Å²) in [7, 11) is -3.16. The zero-order valence-corrected chi connectivity index (χ0v) is 10.3. The van der Waals surface area contributed by atoms with Crippen LogP contribution in [0.5, 0.6) is 0 Å². The highest BCUT2D eigenvalue weighted by molar-refractivity contribution is 7.92. The van der Waals surface area contributed by atoms with Gasteiger partial charge in [-0.05, 0) is 30.9 Å². The molecule has 0 N–H and O–H groups in total. The molecule has 1 aromatic carbocycles. The van der Waals surface area contributed by atoms with E-state index in [1.807, 2.05) is 30.3 Å². The number of rotatable bonds is 4. The van der Waals surface area contributed by atoms with Crippen molar-refractivity contribution in [3.05, 3.63) is 30.3 Å². The second-order valence-corrected chi connectivity index (χ2v) is 6.33. The highest BCUT2D eigenvalue weighted by Gasteiger charge is 2.25. The summed E-state index contributed by atoms with van der Waals surface area (Å²) in [6, 6.07) is 9.33. The third-order valence-electron chi connectivity index (χ3n) is 3.09. The molecule has 0 spiro atoms. The maximum atomic E-state index is 11.7. The quantitative estimate of drug-likeness (QED) is 0.808. The van der Waals surface area contributed by atoms with Crippen LogP contribution in [0.2, 0.25) is 0 Å². The van der Waals surface area contributed by atoms with E-state index in [0.29, 0.717) is 12.5 Å². The topological polar surface area (TPSA) is 37.4 Å². The van der Waals surface area contributed by atoms with Gasteiger partial charge >= 0.3 is 0 Å².